The summed E-state index contributed by atoms with van der Waals surface area (Å²) < 4.78 is 0. The maximum atomic E-state index is 2.49. The lowest BCUT2D eigenvalue weighted by Crippen LogP contribution is -2.10. The molecule has 386 valence electrons. The molecule has 0 atom stereocenters. The molecule has 15 aromatic rings. The topological polar surface area (TPSA) is 13.0 Å². The fraction of sp³-hybridized carbons (Fsp3) is 0. The Morgan fingerprint density at radius 1 is 0.110 bits per heavy atom. The molecule has 0 aliphatic heterocycles. The van der Waals surface area contributed by atoms with Gasteiger partial charge in [-0.1, -0.05) is 170 Å². The predicted octanol–water partition coefficient (Wildman–Crippen LogP) is 22.5. The smallest absolute Gasteiger partial charge is 0.0468 e. The summed E-state index contributed by atoms with van der Waals surface area (Å²) in [5.41, 5.74) is 13.1. The Labute approximate surface area is 477 Å². The first-order chi connectivity index (χ1) is 40.7. The van der Waals surface area contributed by atoms with Crippen molar-refractivity contribution in [3.8, 4) is 0 Å². The van der Waals surface area contributed by atoms with Gasteiger partial charge < -0.3 is 19.6 Å². The molecule has 82 heavy (non-hydrogen) atoms. The van der Waals surface area contributed by atoms with Gasteiger partial charge in [0, 0.05) is 68.2 Å². The minimum absolute atomic E-state index is 1.08. The van der Waals surface area contributed by atoms with E-state index >= 15 is 0 Å². The second-order valence-corrected chi connectivity index (χ2v) is 20.9. The fourth-order valence-corrected chi connectivity index (χ4v) is 12.4. The van der Waals surface area contributed by atoms with Crippen molar-refractivity contribution in [2.45, 2.75) is 0 Å². The lowest BCUT2D eigenvalue weighted by atomic mass is 9.88. The summed E-state index contributed by atoms with van der Waals surface area (Å²) in [6.07, 6.45) is 0. The lowest BCUT2D eigenvalue weighted by Gasteiger charge is -2.28. The van der Waals surface area contributed by atoms with Crippen molar-refractivity contribution in [2.24, 2.45) is 0 Å². The minimum atomic E-state index is 1.08. The molecule has 4 nitrogen and oxygen atoms in total. The van der Waals surface area contributed by atoms with Gasteiger partial charge in [-0.25, -0.2) is 0 Å². The molecular formula is C78H54N4. The fourth-order valence-electron chi connectivity index (χ4n) is 12.4. The van der Waals surface area contributed by atoms with E-state index in [1.165, 1.54) is 64.6 Å². The standard InChI is InChI=1S/C78H54N4/c1-9-25-55(26-10-1)79(56-27-11-2-12-28-56)63-41-45-67-71(49-63)72-50-64(80(57-29-13-3-14-30-57)58-31-15-4-16-32-58)42-46-68(72)76-54-78-70-48-44-66(82(61-37-21-7-22-38-61)62-39-23-8-24-40-62)52-74(70)73-51-65(43-47-69(73)77(78)53-75(67)76)81(59-33-17-5-18-34-59)60-35-19-6-20-36-60/h1-54H. The molecule has 0 aliphatic carbocycles. The van der Waals surface area contributed by atoms with Crippen LogP contribution in [0, 0.1) is 0 Å². The van der Waals surface area contributed by atoms with Crippen LogP contribution in [-0.4, -0.2) is 0 Å². The van der Waals surface area contributed by atoms with E-state index in [-0.39, 0.29) is 0 Å². The van der Waals surface area contributed by atoms with Crippen molar-refractivity contribution in [3.05, 3.63) is 328 Å². The van der Waals surface area contributed by atoms with Crippen LogP contribution in [0.2, 0.25) is 0 Å². The van der Waals surface area contributed by atoms with Crippen LogP contribution < -0.4 is 19.6 Å². The van der Waals surface area contributed by atoms with Crippen LogP contribution in [0.1, 0.15) is 0 Å². The van der Waals surface area contributed by atoms with Crippen molar-refractivity contribution in [2.75, 3.05) is 19.6 Å². The molecule has 0 fully saturated rings. The molecule has 0 heterocycles. The van der Waals surface area contributed by atoms with Crippen molar-refractivity contribution in [1.29, 1.82) is 0 Å². The zero-order chi connectivity index (χ0) is 54.3. The van der Waals surface area contributed by atoms with Crippen LogP contribution in [-0.2, 0) is 0 Å². The third-order valence-corrected chi connectivity index (χ3v) is 16.1. The van der Waals surface area contributed by atoms with Gasteiger partial charge in [-0.05, 0) is 222 Å². The minimum Gasteiger partial charge on any atom is -0.310 e. The van der Waals surface area contributed by atoms with E-state index in [2.05, 4.69) is 347 Å². The Bertz CT molecular complexity index is 4010. The second-order valence-electron chi connectivity index (χ2n) is 20.9. The summed E-state index contributed by atoms with van der Waals surface area (Å²) in [6, 6.07) is 119. The Morgan fingerprint density at radius 3 is 0.415 bits per heavy atom. The van der Waals surface area contributed by atoms with Gasteiger partial charge in [0.05, 0.1) is 0 Å². The van der Waals surface area contributed by atoms with Gasteiger partial charge in [-0.15, -0.1) is 0 Å². The van der Waals surface area contributed by atoms with E-state index in [4.69, 9.17) is 0 Å². The van der Waals surface area contributed by atoms with E-state index in [1.54, 1.807) is 0 Å². The normalized spacial score (nSPS) is 11.4. The lowest BCUT2D eigenvalue weighted by molar-refractivity contribution is 1.29. The Morgan fingerprint density at radius 2 is 0.256 bits per heavy atom. The summed E-state index contributed by atoms with van der Waals surface area (Å²) in [7, 11) is 0. The maximum absolute atomic E-state index is 2.49. The van der Waals surface area contributed by atoms with Crippen molar-refractivity contribution in [1.82, 2.24) is 0 Å². The van der Waals surface area contributed by atoms with Gasteiger partial charge in [0.25, 0.3) is 0 Å². The number of anilines is 12. The summed E-state index contributed by atoms with van der Waals surface area (Å²) in [4.78, 5) is 9.49. The van der Waals surface area contributed by atoms with Crippen LogP contribution >= 0.6 is 0 Å². The van der Waals surface area contributed by atoms with Gasteiger partial charge in [-0.2, -0.15) is 0 Å². The molecule has 15 aromatic carbocycles. The molecule has 0 amide bonds. The molecular weight excluding hydrogens is 993 g/mol. The van der Waals surface area contributed by atoms with E-state index in [0.717, 1.165) is 68.2 Å². The van der Waals surface area contributed by atoms with Crippen LogP contribution in [0.15, 0.2) is 328 Å². The molecule has 0 N–H and O–H groups in total. The van der Waals surface area contributed by atoms with Crippen molar-refractivity contribution >= 4 is 133 Å². The Balaban J connectivity index is 1.04. The van der Waals surface area contributed by atoms with Crippen LogP contribution in [0.3, 0.4) is 0 Å². The highest BCUT2D eigenvalue weighted by Crippen LogP contribution is 2.49. The molecule has 15 rings (SSSR count). The van der Waals surface area contributed by atoms with Gasteiger partial charge in [0.15, 0.2) is 0 Å². The predicted molar refractivity (Wildman–Crippen MR) is 350 cm³/mol. The molecule has 0 saturated heterocycles. The molecule has 4 heteroatoms. The maximum Gasteiger partial charge on any atom is 0.0468 e. The number of para-hydroxylation sites is 8. The molecule has 0 bridgehead atoms. The van der Waals surface area contributed by atoms with Crippen LogP contribution in [0.25, 0.3) is 64.6 Å². The van der Waals surface area contributed by atoms with Crippen LogP contribution in [0.4, 0.5) is 68.2 Å². The third-order valence-electron chi connectivity index (χ3n) is 16.1. The number of rotatable bonds is 12. The van der Waals surface area contributed by atoms with E-state index in [9.17, 15) is 0 Å². The first-order valence-corrected chi connectivity index (χ1v) is 28.1. The van der Waals surface area contributed by atoms with Crippen molar-refractivity contribution < 1.29 is 0 Å². The first kappa shape index (κ1) is 48.2. The highest BCUT2D eigenvalue weighted by atomic mass is 15.2. The number of nitrogens with zero attached hydrogens (tertiary/aromatic N) is 4. The number of fused-ring (bicyclic) bond motifs is 12. The summed E-state index contributed by atoms with van der Waals surface area (Å²) in [6.45, 7) is 0. The molecule has 0 radical (unpaired) electrons. The highest BCUT2D eigenvalue weighted by molar-refractivity contribution is 6.34. The third kappa shape index (κ3) is 8.58. The molecule has 0 aromatic heterocycles. The zero-order valence-electron chi connectivity index (χ0n) is 45.0. The van der Waals surface area contributed by atoms with E-state index in [0.29, 0.717) is 0 Å². The summed E-state index contributed by atoms with van der Waals surface area (Å²) in [5, 5.41) is 14.3. The molecule has 0 aliphatic rings. The monoisotopic (exact) mass is 1050 g/mol. The average Bonchev–Trinajstić information content (AvgIpc) is 3.44. The zero-order valence-corrected chi connectivity index (χ0v) is 45.0. The van der Waals surface area contributed by atoms with E-state index in [1.807, 2.05) is 0 Å². The van der Waals surface area contributed by atoms with Gasteiger partial charge in [-0.3, -0.25) is 0 Å². The number of hydrogen-bond acceptors (Lipinski definition) is 4. The summed E-state index contributed by atoms with van der Waals surface area (Å²) >= 11 is 0. The quantitative estimate of drug-likeness (QED) is 0.0893. The van der Waals surface area contributed by atoms with Gasteiger partial charge in [0.1, 0.15) is 0 Å². The number of benzene rings is 15. The van der Waals surface area contributed by atoms with Gasteiger partial charge in [0.2, 0.25) is 0 Å². The largest absolute Gasteiger partial charge is 0.310 e. The van der Waals surface area contributed by atoms with E-state index < -0.39 is 0 Å². The average molecular weight is 1050 g/mol. The Kier molecular flexibility index (Phi) is 12.2. The SMILES string of the molecule is c1ccc(N(c2ccccc2)c2ccc3c(c2)c2cc(N(c4ccccc4)c4ccccc4)ccc2c2cc4c5ccc(N(c6ccccc6)c6ccccc6)cc5c5cc(N(c6ccccc6)c6ccccc6)ccc5c4cc32)cc1. The van der Waals surface area contributed by atoms with Crippen molar-refractivity contribution in [3.63, 3.8) is 0 Å². The molecule has 0 spiro atoms. The van der Waals surface area contributed by atoms with Crippen LogP contribution in [0.5, 0.6) is 0 Å². The Hall–Kier alpha value is -10.9. The molecule has 0 unspecified atom stereocenters. The molecule has 0 saturated carbocycles. The first-order valence-electron chi connectivity index (χ1n) is 28.1. The second kappa shape index (κ2) is 20.7. The highest BCUT2D eigenvalue weighted by Gasteiger charge is 2.22. The van der Waals surface area contributed by atoms with Gasteiger partial charge >= 0.3 is 0 Å². The number of hydrogen-bond donors (Lipinski definition) is 0. The summed E-state index contributed by atoms with van der Waals surface area (Å²) in [5.74, 6) is 0.